The molecular formula is C21H28N2O. The van der Waals surface area contributed by atoms with Crippen LogP contribution in [0.3, 0.4) is 0 Å². The lowest BCUT2D eigenvalue weighted by Crippen LogP contribution is -2.33. The van der Waals surface area contributed by atoms with Gasteiger partial charge in [-0.15, -0.1) is 0 Å². The molecule has 1 atom stereocenters. The fourth-order valence-electron chi connectivity index (χ4n) is 2.91. The normalized spacial score (nSPS) is 12.4. The molecule has 0 unspecified atom stereocenters. The van der Waals surface area contributed by atoms with E-state index < -0.39 is 0 Å². The van der Waals surface area contributed by atoms with Gasteiger partial charge in [-0.3, -0.25) is 4.79 Å². The van der Waals surface area contributed by atoms with E-state index in [9.17, 15) is 4.79 Å². The minimum atomic E-state index is -0.00955. The van der Waals surface area contributed by atoms with Gasteiger partial charge in [-0.1, -0.05) is 76.2 Å². The van der Waals surface area contributed by atoms with E-state index in [4.69, 9.17) is 0 Å². The van der Waals surface area contributed by atoms with E-state index in [1.54, 1.807) is 0 Å². The Morgan fingerprint density at radius 2 is 1.54 bits per heavy atom. The highest BCUT2D eigenvalue weighted by molar-refractivity contribution is 5.93. The number of amides is 1. The quantitative estimate of drug-likeness (QED) is 0.772. The predicted molar refractivity (Wildman–Crippen MR) is 101 cm³/mol. The molecule has 0 heterocycles. The Morgan fingerprint density at radius 1 is 0.917 bits per heavy atom. The standard InChI is InChI=1S/C21H28N2O/c1-15(2)18-12-8-9-13-19(18)23-20(24)14-22-21(16(3)4)17-10-6-5-7-11-17/h5-13,15-16,21-22H,14H2,1-4H3,(H,23,24)/t21-/m1/s1. The number of nitrogens with one attached hydrogen (secondary N) is 2. The second-order valence-electron chi connectivity index (χ2n) is 6.80. The summed E-state index contributed by atoms with van der Waals surface area (Å²) in [7, 11) is 0. The summed E-state index contributed by atoms with van der Waals surface area (Å²) < 4.78 is 0. The molecular weight excluding hydrogens is 296 g/mol. The van der Waals surface area contributed by atoms with Crippen LogP contribution in [-0.4, -0.2) is 12.5 Å². The number of carbonyl (C=O) groups is 1. The van der Waals surface area contributed by atoms with Gasteiger partial charge >= 0.3 is 0 Å². The minimum Gasteiger partial charge on any atom is -0.325 e. The van der Waals surface area contributed by atoms with E-state index in [1.807, 2.05) is 36.4 Å². The lowest BCUT2D eigenvalue weighted by Gasteiger charge is -2.23. The maximum Gasteiger partial charge on any atom is 0.238 e. The van der Waals surface area contributed by atoms with Crippen LogP contribution in [0.1, 0.15) is 50.8 Å². The first-order valence-corrected chi connectivity index (χ1v) is 8.66. The van der Waals surface area contributed by atoms with Crippen molar-refractivity contribution in [3.8, 4) is 0 Å². The van der Waals surface area contributed by atoms with E-state index in [0.29, 0.717) is 18.4 Å². The Balaban J connectivity index is 2.00. The zero-order valence-electron chi connectivity index (χ0n) is 15.0. The van der Waals surface area contributed by atoms with Crippen molar-refractivity contribution in [3.63, 3.8) is 0 Å². The van der Waals surface area contributed by atoms with E-state index >= 15 is 0 Å². The molecule has 0 aliphatic heterocycles. The number of para-hydroxylation sites is 1. The molecule has 2 N–H and O–H groups in total. The van der Waals surface area contributed by atoms with Gasteiger partial charge in [0.25, 0.3) is 0 Å². The van der Waals surface area contributed by atoms with Crippen LogP contribution in [0.2, 0.25) is 0 Å². The van der Waals surface area contributed by atoms with Gasteiger partial charge in [0, 0.05) is 11.7 Å². The van der Waals surface area contributed by atoms with Crippen molar-refractivity contribution in [3.05, 3.63) is 65.7 Å². The van der Waals surface area contributed by atoms with Crippen LogP contribution in [0.5, 0.6) is 0 Å². The van der Waals surface area contributed by atoms with Crippen molar-refractivity contribution in [2.24, 2.45) is 5.92 Å². The van der Waals surface area contributed by atoms with Gasteiger partial charge in [0.15, 0.2) is 0 Å². The first kappa shape index (κ1) is 18.2. The molecule has 0 spiro atoms. The third-order valence-electron chi connectivity index (χ3n) is 4.16. The summed E-state index contributed by atoms with van der Waals surface area (Å²) in [6.45, 7) is 8.89. The van der Waals surface area contributed by atoms with Crippen LogP contribution in [0, 0.1) is 5.92 Å². The fraction of sp³-hybridized carbons (Fsp3) is 0.381. The minimum absolute atomic E-state index is 0.00955. The molecule has 0 fully saturated rings. The predicted octanol–water partition coefficient (Wildman–Crippen LogP) is 4.74. The molecule has 2 aromatic rings. The third-order valence-corrected chi connectivity index (χ3v) is 4.16. The highest BCUT2D eigenvalue weighted by atomic mass is 16.1. The molecule has 128 valence electrons. The molecule has 1 amide bonds. The van der Waals surface area contributed by atoms with Crippen LogP contribution < -0.4 is 10.6 Å². The van der Waals surface area contributed by atoms with E-state index in [0.717, 1.165) is 11.3 Å². The van der Waals surface area contributed by atoms with Crippen molar-refractivity contribution >= 4 is 11.6 Å². The van der Waals surface area contributed by atoms with Gasteiger partial charge in [-0.05, 0) is 29.0 Å². The van der Waals surface area contributed by atoms with Crippen molar-refractivity contribution in [1.82, 2.24) is 5.32 Å². The molecule has 0 saturated carbocycles. The molecule has 2 aromatic carbocycles. The van der Waals surface area contributed by atoms with Gasteiger partial charge in [-0.25, -0.2) is 0 Å². The Bertz CT molecular complexity index is 650. The maximum absolute atomic E-state index is 12.4. The monoisotopic (exact) mass is 324 g/mol. The Labute approximate surface area is 145 Å². The van der Waals surface area contributed by atoms with Gasteiger partial charge in [0.2, 0.25) is 5.91 Å². The summed E-state index contributed by atoms with van der Waals surface area (Å²) in [6.07, 6.45) is 0. The Morgan fingerprint density at radius 3 is 2.17 bits per heavy atom. The molecule has 0 radical (unpaired) electrons. The number of carbonyl (C=O) groups excluding carboxylic acids is 1. The van der Waals surface area contributed by atoms with Gasteiger partial charge in [0.05, 0.1) is 6.54 Å². The van der Waals surface area contributed by atoms with Gasteiger partial charge < -0.3 is 10.6 Å². The largest absolute Gasteiger partial charge is 0.325 e. The fourth-order valence-corrected chi connectivity index (χ4v) is 2.91. The molecule has 0 bridgehead atoms. The van der Waals surface area contributed by atoms with Crippen LogP contribution >= 0.6 is 0 Å². The Kier molecular flexibility index (Phi) is 6.56. The molecule has 3 heteroatoms. The molecule has 3 nitrogen and oxygen atoms in total. The van der Waals surface area contributed by atoms with Crippen LogP contribution in [0.15, 0.2) is 54.6 Å². The highest BCUT2D eigenvalue weighted by Crippen LogP contribution is 2.24. The third kappa shape index (κ3) is 4.93. The summed E-state index contributed by atoms with van der Waals surface area (Å²) in [6, 6.07) is 18.4. The first-order chi connectivity index (χ1) is 11.5. The van der Waals surface area contributed by atoms with E-state index in [1.165, 1.54) is 5.56 Å². The molecule has 0 saturated heterocycles. The summed E-state index contributed by atoms with van der Waals surface area (Å²) in [4.78, 5) is 12.4. The summed E-state index contributed by atoms with van der Waals surface area (Å²) in [5, 5.41) is 6.43. The number of hydrogen-bond acceptors (Lipinski definition) is 2. The average Bonchev–Trinajstić information content (AvgIpc) is 2.56. The van der Waals surface area contributed by atoms with Gasteiger partial charge in [0.1, 0.15) is 0 Å². The van der Waals surface area contributed by atoms with Crippen molar-refractivity contribution in [2.45, 2.75) is 39.7 Å². The number of rotatable bonds is 7. The zero-order valence-corrected chi connectivity index (χ0v) is 15.0. The van der Waals surface area contributed by atoms with Crippen LogP contribution in [0.4, 0.5) is 5.69 Å². The van der Waals surface area contributed by atoms with Gasteiger partial charge in [-0.2, -0.15) is 0 Å². The van der Waals surface area contributed by atoms with E-state index in [-0.39, 0.29) is 11.9 Å². The molecule has 0 aliphatic rings. The van der Waals surface area contributed by atoms with Crippen molar-refractivity contribution < 1.29 is 4.79 Å². The molecule has 0 aromatic heterocycles. The Hall–Kier alpha value is -2.13. The second kappa shape index (κ2) is 8.65. The van der Waals surface area contributed by atoms with Crippen molar-refractivity contribution in [1.29, 1.82) is 0 Å². The first-order valence-electron chi connectivity index (χ1n) is 8.66. The van der Waals surface area contributed by atoms with Crippen molar-refractivity contribution in [2.75, 3.05) is 11.9 Å². The average molecular weight is 324 g/mol. The molecule has 24 heavy (non-hydrogen) atoms. The van der Waals surface area contributed by atoms with Crippen LogP contribution in [-0.2, 0) is 4.79 Å². The number of hydrogen-bond donors (Lipinski definition) is 2. The smallest absolute Gasteiger partial charge is 0.238 e. The van der Waals surface area contributed by atoms with E-state index in [2.05, 4.69) is 56.5 Å². The highest BCUT2D eigenvalue weighted by Gasteiger charge is 2.16. The number of anilines is 1. The zero-order chi connectivity index (χ0) is 17.5. The summed E-state index contributed by atoms with van der Waals surface area (Å²) in [5.74, 6) is 0.773. The summed E-state index contributed by atoms with van der Waals surface area (Å²) in [5.41, 5.74) is 3.28. The lowest BCUT2D eigenvalue weighted by molar-refractivity contribution is -0.115. The summed E-state index contributed by atoms with van der Waals surface area (Å²) >= 11 is 0. The maximum atomic E-state index is 12.4. The second-order valence-corrected chi connectivity index (χ2v) is 6.80. The molecule has 0 aliphatic carbocycles. The SMILES string of the molecule is CC(C)c1ccccc1NC(=O)CN[C@@H](c1ccccc1)C(C)C. The number of benzene rings is 2. The topological polar surface area (TPSA) is 41.1 Å². The lowest BCUT2D eigenvalue weighted by atomic mass is 9.96. The van der Waals surface area contributed by atoms with Crippen LogP contribution in [0.25, 0.3) is 0 Å². The molecule has 2 rings (SSSR count).